The number of urea groups is 1. The Balaban J connectivity index is 2.04. The quantitative estimate of drug-likeness (QED) is 0.701. The Bertz CT molecular complexity index is 357. The highest BCUT2D eigenvalue weighted by Crippen LogP contribution is 2.07. The molecule has 0 bridgehead atoms. The van der Waals surface area contributed by atoms with Gasteiger partial charge >= 0.3 is 6.03 Å². The van der Waals surface area contributed by atoms with Crippen molar-refractivity contribution in [3.63, 3.8) is 0 Å². The molecule has 0 spiro atoms. The lowest BCUT2D eigenvalue weighted by Gasteiger charge is -2.21. The van der Waals surface area contributed by atoms with E-state index in [4.69, 9.17) is 0 Å². The fourth-order valence-electron chi connectivity index (χ4n) is 1.66. The highest BCUT2D eigenvalue weighted by atomic mass is 16.2. The highest BCUT2D eigenvalue weighted by molar-refractivity contribution is 6.02. The SMILES string of the molecule is CC(Cn1ccnc1)N1C(=O)CNC1=O. The Labute approximate surface area is 86.9 Å². The van der Waals surface area contributed by atoms with Gasteiger partial charge in [0.2, 0.25) is 5.91 Å². The number of rotatable bonds is 3. The van der Waals surface area contributed by atoms with E-state index in [1.54, 1.807) is 18.7 Å². The van der Waals surface area contributed by atoms with Gasteiger partial charge in [0.15, 0.2) is 0 Å². The van der Waals surface area contributed by atoms with E-state index in [9.17, 15) is 9.59 Å². The number of imide groups is 1. The van der Waals surface area contributed by atoms with Crippen molar-refractivity contribution in [3.8, 4) is 0 Å². The van der Waals surface area contributed by atoms with Gasteiger partial charge in [-0.15, -0.1) is 0 Å². The molecule has 0 aliphatic carbocycles. The van der Waals surface area contributed by atoms with Gasteiger partial charge in [-0.25, -0.2) is 9.78 Å². The van der Waals surface area contributed by atoms with Crippen LogP contribution in [-0.2, 0) is 11.3 Å². The highest BCUT2D eigenvalue weighted by Gasteiger charge is 2.32. The number of hydrogen-bond donors (Lipinski definition) is 1. The Morgan fingerprint density at radius 1 is 1.60 bits per heavy atom. The minimum absolute atomic E-state index is 0.104. The minimum atomic E-state index is -0.312. The molecular formula is C9H12N4O2. The van der Waals surface area contributed by atoms with E-state index >= 15 is 0 Å². The molecule has 1 aromatic rings. The molecular weight excluding hydrogens is 196 g/mol. The van der Waals surface area contributed by atoms with Crippen molar-refractivity contribution in [3.05, 3.63) is 18.7 Å². The monoisotopic (exact) mass is 208 g/mol. The number of amides is 3. The first kappa shape index (κ1) is 9.70. The third-order valence-electron chi connectivity index (χ3n) is 2.35. The molecule has 6 heteroatoms. The minimum Gasteiger partial charge on any atom is -0.335 e. The Kier molecular flexibility index (Phi) is 2.40. The summed E-state index contributed by atoms with van der Waals surface area (Å²) in [6.45, 7) is 2.51. The normalized spacial score (nSPS) is 18.1. The topological polar surface area (TPSA) is 67.2 Å². The van der Waals surface area contributed by atoms with Crippen LogP contribution in [0.4, 0.5) is 4.79 Å². The van der Waals surface area contributed by atoms with Gasteiger partial charge < -0.3 is 9.88 Å². The van der Waals surface area contributed by atoms with Gasteiger partial charge in [0, 0.05) is 18.9 Å². The lowest BCUT2D eigenvalue weighted by atomic mass is 10.3. The number of carbonyl (C=O) groups is 2. The third-order valence-corrected chi connectivity index (χ3v) is 2.35. The summed E-state index contributed by atoms with van der Waals surface area (Å²) in [4.78, 5) is 27.8. The Morgan fingerprint density at radius 2 is 2.40 bits per heavy atom. The van der Waals surface area contributed by atoms with E-state index < -0.39 is 0 Å². The smallest absolute Gasteiger partial charge is 0.324 e. The molecule has 2 rings (SSSR count). The van der Waals surface area contributed by atoms with Crippen molar-refractivity contribution in [1.82, 2.24) is 19.8 Å². The summed E-state index contributed by atoms with van der Waals surface area (Å²) in [6.07, 6.45) is 5.13. The average molecular weight is 208 g/mol. The molecule has 2 heterocycles. The molecule has 1 aliphatic rings. The number of hydrogen-bond acceptors (Lipinski definition) is 3. The Morgan fingerprint density at radius 3 is 2.93 bits per heavy atom. The van der Waals surface area contributed by atoms with Crippen LogP contribution in [0.1, 0.15) is 6.92 Å². The van der Waals surface area contributed by atoms with Crippen molar-refractivity contribution < 1.29 is 9.59 Å². The fourth-order valence-corrected chi connectivity index (χ4v) is 1.66. The molecule has 15 heavy (non-hydrogen) atoms. The summed E-state index contributed by atoms with van der Waals surface area (Å²) in [7, 11) is 0. The van der Waals surface area contributed by atoms with Crippen LogP contribution in [0, 0.1) is 0 Å². The van der Waals surface area contributed by atoms with Crippen molar-refractivity contribution in [2.45, 2.75) is 19.5 Å². The lowest BCUT2D eigenvalue weighted by molar-refractivity contribution is -0.126. The summed E-state index contributed by atoms with van der Waals surface area (Å²) < 4.78 is 1.84. The van der Waals surface area contributed by atoms with Crippen LogP contribution in [0.15, 0.2) is 18.7 Å². The van der Waals surface area contributed by atoms with Gasteiger partial charge in [-0.05, 0) is 6.92 Å². The first-order valence-electron chi connectivity index (χ1n) is 4.74. The molecule has 3 amide bonds. The second-order valence-electron chi connectivity index (χ2n) is 3.53. The molecule has 0 aromatic carbocycles. The second kappa shape index (κ2) is 3.72. The van der Waals surface area contributed by atoms with E-state index in [1.165, 1.54) is 4.90 Å². The first-order valence-corrected chi connectivity index (χ1v) is 4.74. The van der Waals surface area contributed by atoms with Crippen molar-refractivity contribution >= 4 is 11.9 Å². The van der Waals surface area contributed by atoms with Crippen LogP contribution in [0.5, 0.6) is 0 Å². The van der Waals surface area contributed by atoms with E-state index in [1.807, 2.05) is 11.5 Å². The molecule has 1 saturated heterocycles. The van der Waals surface area contributed by atoms with Crippen LogP contribution >= 0.6 is 0 Å². The maximum Gasteiger partial charge on any atom is 0.324 e. The molecule has 0 saturated carbocycles. The maximum atomic E-state index is 11.4. The average Bonchev–Trinajstić information content (AvgIpc) is 2.77. The first-order chi connectivity index (χ1) is 7.18. The number of nitrogens with one attached hydrogen (secondary N) is 1. The molecule has 80 valence electrons. The van der Waals surface area contributed by atoms with Crippen LogP contribution in [-0.4, -0.2) is 39.0 Å². The summed E-state index contributed by atoms with van der Waals surface area (Å²) in [5.74, 6) is -0.174. The van der Waals surface area contributed by atoms with Crippen molar-refractivity contribution in [2.75, 3.05) is 6.54 Å². The molecule has 6 nitrogen and oxygen atoms in total. The molecule has 1 aliphatic heterocycles. The number of carbonyl (C=O) groups excluding carboxylic acids is 2. The summed E-state index contributed by atoms with van der Waals surface area (Å²) >= 11 is 0. The Hall–Kier alpha value is -1.85. The maximum absolute atomic E-state index is 11.4. The van der Waals surface area contributed by atoms with E-state index in [0.29, 0.717) is 6.54 Å². The van der Waals surface area contributed by atoms with Crippen LogP contribution in [0.3, 0.4) is 0 Å². The van der Waals surface area contributed by atoms with Gasteiger partial charge in [-0.2, -0.15) is 0 Å². The predicted molar refractivity (Wildman–Crippen MR) is 51.9 cm³/mol. The number of imidazole rings is 1. The van der Waals surface area contributed by atoms with Crippen LogP contribution < -0.4 is 5.32 Å². The lowest BCUT2D eigenvalue weighted by Crippen LogP contribution is -2.41. The summed E-state index contributed by atoms with van der Waals surface area (Å²) in [5, 5.41) is 2.49. The third kappa shape index (κ3) is 1.83. The van der Waals surface area contributed by atoms with Crippen LogP contribution in [0.2, 0.25) is 0 Å². The van der Waals surface area contributed by atoms with Crippen LogP contribution in [0.25, 0.3) is 0 Å². The molecule has 1 fully saturated rings. The van der Waals surface area contributed by atoms with E-state index in [2.05, 4.69) is 10.3 Å². The largest absolute Gasteiger partial charge is 0.335 e. The summed E-state index contributed by atoms with van der Waals surface area (Å²) in [6, 6.07) is -0.471. The standard InChI is InChI=1S/C9H12N4O2/c1-7(5-12-3-2-10-6-12)13-8(14)4-11-9(13)15/h2-3,6-7H,4-5H2,1H3,(H,11,15). The zero-order chi connectivity index (χ0) is 10.8. The van der Waals surface area contributed by atoms with Gasteiger partial charge in [0.05, 0.1) is 18.9 Å². The molecule has 1 atom stereocenters. The fraction of sp³-hybridized carbons (Fsp3) is 0.444. The van der Waals surface area contributed by atoms with Gasteiger partial charge in [-0.3, -0.25) is 9.69 Å². The summed E-state index contributed by atoms with van der Waals surface area (Å²) in [5.41, 5.74) is 0. The molecule has 0 radical (unpaired) electrons. The van der Waals surface area contributed by atoms with E-state index in [0.717, 1.165) is 0 Å². The van der Waals surface area contributed by atoms with E-state index in [-0.39, 0.29) is 24.5 Å². The number of nitrogens with zero attached hydrogens (tertiary/aromatic N) is 3. The van der Waals surface area contributed by atoms with Gasteiger partial charge in [0.25, 0.3) is 0 Å². The zero-order valence-electron chi connectivity index (χ0n) is 8.38. The van der Waals surface area contributed by atoms with Crippen molar-refractivity contribution in [2.24, 2.45) is 0 Å². The molecule has 1 N–H and O–H groups in total. The van der Waals surface area contributed by atoms with Crippen molar-refractivity contribution in [1.29, 1.82) is 0 Å². The molecule has 1 aromatic heterocycles. The predicted octanol–water partition coefficient (Wildman–Crippen LogP) is -0.177. The second-order valence-corrected chi connectivity index (χ2v) is 3.53. The van der Waals surface area contributed by atoms with Gasteiger partial charge in [-0.1, -0.05) is 0 Å². The zero-order valence-corrected chi connectivity index (χ0v) is 8.38. The number of aromatic nitrogens is 2. The van der Waals surface area contributed by atoms with Gasteiger partial charge in [0.1, 0.15) is 0 Å². The molecule has 1 unspecified atom stereocenters.